The molecule has 156 valence electrons. The van der Waals surface area contributed by atoms with Crippen LogP contribution in [0.5, 0.6) is 0 Å². The van der Waals surface area contributed by atoms with Gasteiger partial charge in [-0.1, -0.05) is 23.2 Å². The molecule has 2 aromatic rings. The number of esters is 1. The van der Waals surface area contributed by atoms with Crippen molar-refractivity contribution in [3.05, 3.63) is 56.6 Å². The first-order chi connectivity index (χ1) is 14.2. The Morgan fingerprint density at radius 2 is 2.00 bits per heavy atom. The molecule has 0 aliphatic carbocycles. The van der Waals surface area contributed by atoms with Crippen LogP contribution in [-0.4, -0.2) is 34.6 Å². The highest BCUT2D eigenvalue weighted by atomic mass is 35.5. The molecular weight excluding hydrogens is 457 g/mol. The Morgan fingerprint density at radius 1 is 1.23 bits per heavy atom. The molecule has 1 atom stereocenters. The molecule has 12 heteroatoms. The van der Waals surface area contributed by atoms with E-state index in [9.17, 15) is 24.5 Å². The molecule has 2 amide bonds. The van der Waals surface area contributed by atoms with Crippen LogP contribution in [0.3, 0.4) is 0 Å². The first kappa shape index (κ1) is 21.9. The molecule has 0 saturated carbocycles. The molecule has 0 fully saturated rings. The summed E-state index contributed by atoms with van der Waals surface area (Å²) in [6.45, 7) is -0.636. The number of anilines is 2. The van der Waals surface area contributed by atoms with E-state index in [1.54, 1.807) is 18.2 Å². The highest BCUT2D eigenvalue weighted by molar-refractivity contribution is 8.01. The summed E-state index contributed by atoms with van der Waals surface area (Å²) in [5.41, 5.74) is 0.327. The van der Waals surface area contributed by atoms with Gasteiger partial charge in [0.2, 0.25) is 5.91 Å². The second-order valence-electron chi connectivity index (χ2n) is 6.07. The normalized spacial score (nSPS) is 15.0. The molecular formula is C18H13Cl2N3O6S. The minimum atomic E-state index is -0.750. The van der Waals surface area contributed by atoms with E-state index in [0.29, 0.717) is 10.7 Å². The number of non-ortho nitro benzene ring substituents is 1. The standard InChI is InChI=1S/C18H13Cl2N3O6S/c19-9-1-4-14-13(5-9)22-18(26)15(30-14)7-17(25)29-8-16(24)21-12-6-10(23(27)28)2-3-11(12)20/h1-6,15H,7-8H2,(H,21,24)(H,22,26). The number of halogens is 2. The molecule has 3 rings (SSSR count). The van der Waals surface area contributed by atoms with Gasteiger partial charge in [-0.25, -0.2) is 0 Å². The van der Waals surface area contributed by atoms with Crippen molar-refractivity contribution in [2.24, 2.45) is 0 Å². The maximum atomic E-state index is 12.2. The van der Waals surface area contributed by atoms with Crippen molar-refractivity contribution in [3.63, 3.8) is 0 Å². The molecule has 2 aromatic carbocycles. The van der Waals surface area contributed by atoms with Crippen molar-refractivity contribution >= 4 is 69.8 Å². The lowest BCUT2D eigenvalue weighted by molar-refractivity contribution is -0.384. The quantitative estimate of drug-likeness (QED) is 0.373. The van der Waals surface area contributed by atoms with E-state index in [1.165, 1.54) is 23.9 Å². The second kappa shape index (κ2) is 9.33. The van der Waals surface area contributed by atoms with E-state index in [2.05, 4.69) is 10.6 Å². The van der Waals surface area contributed by atoms with Crippen LogP contribution in [0.25, 0.3) is 0 Å². The van der Waals surface area contributed by atoms with Crippen LogP contribution in [0.2, 0.25) is 10.0 Å². The molecule has 1 unspecified atom stereocenters. The zero-order chi connectivity index (χ0) is 21.8. The van der Waals surface area contributed by atoms with Gasteiger partial charge < -0.3 is 15.4 Å². The van der Waals surface area contributed by atoms with Gasteiger partial charge in [-0.2, -0.15) is 0 Å². The topological polar surface area (TPSA) is 128 Å². The lowest BCUT2D eigenvalue weighted by Gasteiger charge is -2.23. The number of nitrogens with one attached hydrogen (secondary N) is 2. The van der Waals surface area contributed by atoms with Crippen molar-refractivity contribution in [3.8, 4) is 0 Å². The third kappa shape index (κ3) is 5.41. The van der Waals surface area contributed by atoms with Crippen LogP contribution in [0, 0.1) is 10.1 Å². The first-order valence-electron chi connectivity index (χ1n) is 8.39. The Labute approximate surface area is 184 Å². The lowest BCUT2D eigenvalue weighted by Crippen LogP contribution is -2.32. The smallest absolute Gasteiger partial charge is 0.307 e. The number of rotatable bonds is 6. The number of ether oxygens (including phenoxy) is 1. The fraction of sp³-hybridized carbons (Fsp3) is 0.167. The van der Waals surface area contributed by atoms with Crippen molar-refractivity contribution < 1.29 is 24.0 Å². The van der Waals surface area contributed by atoms with Gasteiger partial charge in [-0.15, -0.1) is 11.8 Å². The molecule has 1 aliphatic rings. The summed E-state index contributed by atoms with van der Waals surface area (Å²) in [5, 5.41) is 15.7. The van der Waals surface area contributed by atoms with Crippen molar-refractivity contribution in [2.75, 3.05) is 17.2 Å². The highest BCUT2D eigenvalue weighted by Crippen LogP contribution is 2.38. The summed E-state index contributed by atoms with van der Waals surface area (Å²) in [6.07, 6.45) is -0.247. The van der Waals surface area contributed by atoms with Crippen LogP contribution in [-0.2, 0) is 19.1 Å². The highest BCUT2D eigenvalue weighted by Gasteiger charge is 2.30. The summed E-state index contributed by atoms with van der Waals surface area (Å²) in [6, 6.07) is 8.57. The number of carbonyl (C=O) groups excluding carboxylic acids is 3. The van der Waals surface area contributed by atoms with Crippen LogP contribution in [0.1, 0.15) is 6.42 Å². The minimum Gasteiger partial charge on any atom is -0.456 e. The van der Waals surface area contributed by atoms with E-state index in [1.807, 2.05) is 0 Å². The fourth-order valence-electron chi connectivity index (χ4n) is 2.52. The minimum absolute atomic E-state index is 0.0180. The van der Waals surface area contributed by atoms with Gasteiger partial charge >= 0.3 is 5.97 Å². The third-order valence-corrected chi connectivity index (χ3v) is 5.75. The van der Waals surface area contributed by atoms with E-state index in [0.717, 1.165) is 11.0 Å². The molecule has 1 heterocycles. The van der Waals surface area contributed by atoms with Crippen LogP contribution < -0.4 is 10.6 Å². The predicted octanol–water partition coefficient (Wildman–Crippen LogP) is 3.89. The van der Waals surface area contributed by atoms with Gasteiger partial charge in [0.1, 0.15) is 0 Å². The summed E-state index contributed by atoms with van der Waals surface area (Å²) >= 11 is 13.0. The SMILES string of the molecule is O=C(COC(=O)CC1Sc2ccc(Cl)cc2NC1=O)Nc1cc([N+](=O)[O-])ccc1Cl. The molecule has 2 N–H and O–H groups in total. The first-order valence-corrected chi connectivity index (χ1v) is 10.0. The number of fused-ring (bicyclic) bond motifs is 1. The lowest BCUT2D eigenvalue weighted by atomic mass is 10.2. The fourth-order valence-corrected chi connectivity index (χ4v) is 3.93. The molecule has 30 heavy (non-hydrogen) atoms. The van der Waals surface area contributed by atoms with Gasteiger partial charge in [-0.3, -0.25) is 24.5 Å². The number of nitro groups is 1. The van der Waals surface area contributed by atoms with Crippen molar-refractivity contribution in [1.29, 1.82) is 0 Å². The van der Waals surface area contributed by atoms with Gasteiger partial charge in [0.15, 0.2) is 6.61 Å². The Morgan fingerprint density at radius 3 is 2.73 bits per heavy atom. The molecule has 0 saturated heterocycles. The third-order valence-electron chi connectivity index (χ3n) is 3.91. The van der Waals surface area contributed by atoms with Crippen LogP contribution in [0.15, 0.2) is 41.3 Å². The van der Waals surface area contributed by atoms with Gasteiger partial charge in [0.05, 0.1) is 33.0 Å². The predicted molar refractivity (Wildman–Crippen MR) is 112 cm³/mol. The van der Waals surface area contributed by atoms with E-state index in [4.69, 9.17) is 27.9 Å². The zero-order valence-electron chi connectivity index (χ0n) is 15.0. The second-order valence-corrected chi connectivity index (χ2v) is 8.16. The largest absolute Gasteiger partial charge is 0.456 e. The number of nitro benzene ring substituents is 1. The Hall–Kier alpha value is -2.82. The summed E-state index contributed by atoms with van der Waals surface area (Å²) in [4.78, 5) is 47.2. The Kier molecular flexibility index (Phi) is 6.80. The van der Waals surface area contributed by atoms with E-state index < -0.39 is 28.7 Å². The van der Waals surface area contributed by atoms with Crippen LogP contribution in [0.4, 0.5) is 17.1 Å². The number of benzene rings is 2. The Balaban J connectivity index is 1.53. The van der Waals surface area contributed by atoms with Gasteiger partial charge in [0, 0.05) is 22.1 Å². The molecule has 0 radical (unpaired) electrons. The van der Waals surface area contributed by atoms with Gasteiger partial charge in [0.25, 0.3) is 11.6 Å². The molecule has 9 nitrogen and oxygen atoms in total. The average Bonchev–Trinajstić information content (AvgIpc) is 2.68. The summed E-state index contributed by atoms with van der Waals surface area (Å²) in [5.74, 6) is -1.86. The number of thioether (sulfide) groups is 1. The number of hydrogen-bond acceptors (Lipinski definition) is 7. The summed E-state index contributed by atoms with van der Waals surface area (Å²) < 4.78 is 4.91. The number of carbonyl (C=O) groups is 3. The average molecular weight is 470 g/mol. The molecule has 0 spiro atoms. The number of hydrogen-bond donors (Lipinski definition) is 2. The van der Waals surface area contributed by atoms with E-state index >= 15 is 0 Å². The molecule has 1 aliphatic heterocycles. The maximum Gasteiger partial charge on any atom is 0.307 e. The Bertz CT molecular complexity index is 1050. The molecule has 0 bridgehead atoms. The zero-order valence-corrected chi connectivity index (χ0v) is 17.3. The van der Waals surface area contributed by atoms with Crippen molar-refractivity contribution in [2.45, 2.75) is 16.6 Å². The monoisotopic (exact) mass is 469 g/mol. The molecule has 0 aromatic heterocycles. The number of nitrogens with zero attached hydrogens (tertiary/aromatic N) is 1. The van der Waals surface area contributed by atoms with E-state index in [-0.39, 0.29) is 28.7 Å². The maximum absolute atomic E-state index is 12.2. The number of amides is 2. The van der Waals surface area contributed by atoms with Gasteiger partial charge in [-0.05, 0) is 24.3 Å². The summed E-state index contributed by atoms with van der Waals surface area (Å²) in [7, 11) is 0. The van der Waals surface area contributed by atoms with Crippen LogP contribution >= 0.6 is 35.0 Å². The van der Waals surface area contributed by atoms with Crippen molar-refractivity contribution in [1.82, 2.24) is 0 Å².